The highest BCUT2D eigenvalue weighted by Crippen LogP contribution is 2.37. The van der Waals surface area contributed by atoms with Crippen LogP contribution in [0.15, 0.2) is 0 Å². The molecule has 0 saturated heterocycles. The van der Waals surface area contributed by atoms with E-state index in [1.54, 1.807) is 0 Å². The molecule has 15 heavy (non-hydrogen) atoms. The summed E-state index contributed by atoms with van der Waals surface area (Å²) >= 11 is 0. The largest absolute Gasteiger partial charge is 0.328 e. The maximum absolute atomic E-state index is 6.01. The highest BCUT2D eigenvalue weighted by molar-refractivity contribution is 4.88. The van der Waals surface area contributed by atoms with Gasteiger partial charge in [0.15, 0.2) is 0 Å². The Bertz CT molecular complexity index is 150. The fourth-order valence-corrected chi connectivity index (χ4v) is 2.74. The maximum Gasteiger partial charge on any atom is 0.00389 e. The van der Waals surface area contributed by atoms with Crippen LogP contribution in [0.25, 0.3) is 0 Å². The third-order valence-electron chi connectivity index (χ3n) is 4.05. The van der Waals surface area contributed by atoms with Crippen LogP contribution in [0, 0.1) is 17.8 Å². The van der Waals surface area contributed by atoms with E-state index in [0.717, 1.165) is 0 Å². The van der Waals surface area contributed by atoms with E-state index in [0.29, 0.717) is 17.8 Å². The van der Waals surface area contributed by atoms with E-state index in [-0.39, 0.29) is 18.1 Å². The van der Waals surface area contributed by atoms with Gasteiger partial charge >= 0.3 is 0 Å². The third-order valence-corrected chi connectivity index (χ3v) is 4.05. The Morgan fingerprint density at radius 3 is 1.00 bits per heavy atom. The predicted octanol–water partition coefficient (Wildman–Crippen LogP) is 1.06. The molecule has 0 amide bonds. The summed E-state index contributed by atoms with van der Waals surface area (Å²) in [5.41, 5.74) is 18.0. The van der Waals surface area contributed by atoms with Gasteiger partial charge in [0.2, 0.25) is 0 Å². The lowest BCUT2D eigenvalue weighted by Gasteiger charge is -2.40. The SMILES string of the molecule is CC(N)C1CC(C(C)N)CC(C(C)N)C1. The molecule has 0 aromatic rings. The molecule has 1 rings (SSSR count). The normalized spacial score (nSPS) is 38.4. The minimum atomic E-state index is 0.271. The minimum Gasteiger partial charge on any atom is -0.328 e. The molecule has 0 aliphatic heterocycles. The van der Waals surface area contributed by atoms with Gasteiger partial charge in [0.25, 0.3) is 0 Å². The molecular formula is C12H27N3. The van der Waals surface area contributed by atoms with Crippen molar-refractivity contribution in [2.45, 2.75) is 58.2 Å². The molecule has 0 heterocycles. The Morgan fingerprint density at radius 2 is 0.867 bits per heavy atom. The molecule has 1 fully saturated rings. The van der Waals surface area contributed by atoms with E-state index in [9.17, 15) is 0 Å². The third kappa shape index (κ3) is 3.44. The van der Waals surface area contributed by atoms with Crippen LogP contribution >= 0.6 is 0 Å². The quantitative estimate of drug-likeness (QED) is 0.656. The van der Waals surface area contributed by atoms with Gasteiger partial charge in [0.05, 0.1) is 0 Å². The molecule has 3 nitrogen and oxygen atoms in total. The summed E-state index contributed by atoms with van der Waals surface area (Å²) in [6, 6.07) is 0.813. The van der Waals surface area contributed by atoms with Crippen LogP contribution in [0.4, 0.5) is 0 Å². The lowest BCUT2D eigenvalue weighted by Crippen LogP contribution is -2.43. The van der Waals surface area contributed by atoms with Crippen molar-refractivity contribution in [2.24, 2.45) is 35.0 Å². The van der Waals surface area contributed by atoms with Gasteiger partial charge in [0, 0.05) is 18.1 Å². The van der Waals surface area contributed by atoms with E-state index in [2.05, 4.69) is 20.8 Å². The number of rotatable bonds is 3. The van der Waals surface area contributed by atoms with Gasteiger partial charge in [0.1, 0.15) is 0 Å². The standard InChI is InChI=1S/C12H27N3/c1-7(13)10-4-11(8(2)14)6-12(5-10)9(3)15/h7-12H,4-6,13-15H2,1-3H3. The summed E-state index contributed by atoms with van der Waals surface area (Å²) < 4.78 is 0. The molecule has 0 spiro atoms. The topological polar surface area (TPSA) is 78.1 Å². The van der Waals surface area contributed by atoms with Crippen molar-refractivity contribution >= 4 is 0 Å². The van der Waals surface area contributed by atoms with Crippen molar-refractivity contribution in [3.8, 4) is 0 Å². The van der Waals surface area contributed by atoms with Gasteiger partial charge in [-0.15, -0.1) is 0 Å². The Labute approximate surface area is 93.8 Å². The zero-order chi connectivity index (χ0) is 11.6. The molecule has 0 aromatic heterocycles. The number of hydrogen-bond acceptors (Lipinski definition) is 3. The van der Waals surface area contributed by atoms with E-state index in [1.165, 1.54) is 19.3 Å². The summed E-state index contributed by atoms with van der Waals surface area (Å²) in [5, 5.41) is 0. The summed E-state index contributed by atoms with van der Waals surface area (Å²) in [6.07, 6.45) is 3.54. The van der Waals surface area contributed by atoms with Crippen LogP contribution in [0.3, 0.4) is 0 Å². The van der Waals surface area contributed by atoms with Gasteiger partial charge in [-0.3, -0.25) is 0 Å². The van der Waals surface area contributed by atoms with Crippen molar-refractivity contribution in [3.63, 3.8) is 0 Å². The van der Waals surface area contributed by atoms with Crippen LogP contribution in [0.1, 0.15) is 40.0 Å². The lowest BCUT2D eigenvalue weighted by molar-refractivity contribution is 0.146. The number of hydrogen-bond donors (Lipinski definition) is 3. The van der Waals surface area contributed by atoms with Crippen molar-refractivity contribution in [2.75, 3.05) is 0 Å². The highest BCUT2D eigenvalue weighted by Gasteiger charge is 2.33. The molecule has 1 saturated carbocycles. The summed E-state index contributed by atoms with van der Waals surface area (Å²) in [7, 11) is 0. The van der Waals surface area contributed by atoms with E-state index < -0.39 is 0 Å². The number of nitrogens with two attached hydrogens (primary N) is 3. The van der Waals surface area contributed by atoms with E-state index >= 15 is 0 Å². The molecule has 6 N–H and O–H groups in total. The highest BCUT2D eigenvalue weighted by atomic mass is 14.7. The molecule has 0 aromatic carbocycles. The molecule has 3 atom stereocenters. The Morgan fingerprint density at radius 1 is 0.667 bits per heavy atom. The van der Waals surface area contributed by atoms with Crippen molar-refractivity contribution in [1.82, 2.24) is 0 Å². The zero-order valence-corrected chi connectivity index (χ0v) is 10.3. The molecule has 3 heteroatoms. The Balaban J connectivity index is 2.64. The second kappa shape index (κ2) is 5.28. The average Bonchev–Trinajstić information content (AvgIpc) is 2.16. The van der Waals surface area contributed by atoms with Crippen LogP contribution in [0.5, 0.6) is 0 Å². The van der Waals surface area contributed by atoms with Crippen LogP contribution < -0.4 is 17.2 Å². The smallest absolute Gasteiger partial charge is 0.00389 e. The lowest BCUT2D eigenvalue weighted by atomic mass is 9.69. The second-order valence-corrected chi connectivity index (χ2v) is 5.56. The molecular weight excluding hydrogens is 186 g/mol. The minimum absolute atomic E-state index is 0.271. The van der Waals surface area contributed by atoms with E-state index in [4.69, 9.17) is 17.2 Å². The van der Waals surface area contributed by atoms with Crippen LogP contribution in [0.2, 0.25) is 0 Å². The van der Waals surface area contributed by atoms with Crippen LogP contribution in [-0.2, 0) is 0 Å². The van der Waals surface area contributed by atoms with E-state index in [1.807, 2.05) is 0 Å². The first-order valence-electron chi connectivity index (χ1n) is 6.18. The van der Waals surface area contributed by atoms with Gasteiger partial charge in [-0.05, 0) is 57.8 Å². The Hall–Kier alpha value is -0.120. The first kappa shape index (κ1) is 12.9. The van der Waals surface area contributed by atoms with Crippen molar-refractivity contribution in [3.05, 3.63) is 0 Å². The molecule has 3 unspecified atom stereocenters. The Kier molecular flexibility index (Phi) is 4.56. The second-order valence-electron chi connectivity index (χ2n) is 5.56. The molecule has 1 aliphatic rings. The molecule has 0 radical (unpaired) electrons. The summed E-state index contributed by atoms with van der Waals surface area (Å²) in [6.45, 7) is 6.31. The maximum atomic E-state index is 6.01. The predicted molar refractivity (Wildman–Crippen MR) is 65.3 cm³/mol. The van der Waals surface area contributed by atoms with Crippen molar-refractivity contribution in [1.29, 1.82) is 0 Å². The van der Waals surface area contributed by atoms with Gasteiger partial charge < -0.3 is 17.2 Å². The fraction of sp³-hybridized carbons (Fsp3) is 1.00. The molecule has 0 bridgehead atoms. The fourth-order valence-electron chi connectivity index (χ4n) is 2.74. The summed E-state index contributed by atoms with van der Waals surface area (Å²) in [5.74, 6) is 1.81. The van der Waals surface area contributed by atoms with Gasteiger partial charge in [-0.25, -0.2) is 0 Å². The first-order valence-corrected chi connectivity index (χ1v) is 6.18. The summed E-state index contributed by atoms with van der Waals surface area (Å²) in [4.78, 5) is 0. The van der Waals surface area contributed by atoms with Gasteiger partial charge in [-0.1, -0.05) is 0 Å². The van der Waals surface area contributed by atoms with Gasteiger partial charge in [-0.2, -0.15) is 0 Å². The first-order chi connectivity index (χ1) is 6.91. The van der Waals surface area contributed by atoms with Crippen LogP contribution in [-0.4, -0.2) is 18.1 Å². The zero-order valence-electron chi connectivity index (χ0n) is 10.3. The molecule has 1 aliphatic carbocycles. The monoisotopic (exact) mass is 213 g/mol. The van der Waals surface area contributed by atoms with Crippen molar-refractivity contribution < 1.29 is 0 Å². The average molecular weight is 213 g/mol. The molecule has 90 valence electrons.